The SMILES string of the molecule is CN(Cc1ccccc1)[C@H]1CCC[C@@H]1O. The lowest BCUT2D eigenvalue weighted by atomic mass is 10.1. The van der Waals surface area contributed by atoms with Crippen LogP contribution < -0.4 is 0 Å². The average molecular weight is 205 g/mol. The van der Waals surface area contributed by atoms with Crippen LogP contribution in [0.15, 0.2) is 30.3 Å². The van der Waals surface area contributed by atoms with E-state index in [9.17, 15) is 5.11 Å². The minimum Gasteiger partial charge on any atom is -0.391 e. The minimum absolute atomic E-state index is 0.126. The fourth-order valence-electron chi connectivity index (χ4n) is 2.42. The van der Waals surface area contributed by atoms with Crippen LogP contribution >= 0.6 is 0 Å². The summed E-state index contributed by atoms with van der Waals surface area (Å²) >= 11 is 0. The van der Waals surface area contributed by atoms with Gasteiger partial charge >= 0.3 is 0 Å². The van der Waals surface area contributed by atoms with E-state index in [0.717, 1.165) is 25.8 Å². The van der Waals surface area contributed by atoms with E-state index in [2.05, 4.69) is 36.2 Å². The molecule has 0 spiro atoms. The molecule has 2 nitrogen and oxygen atoms in total. The van der Waals surface area contributed by atoms with Crippen molar-refractivity contribution in [3.05, 3.63) is 35.9 Å². The summed E-state index contributed by atoms with van der Waals surface area (Å²) in [6.45, 7) is 0.933. The molecule has 1 N–H and O–H groups in total. The number of benzene rings is 1. The van der Waals surface area contributed by atoms with Crippen LogP contribution in [-0.2, 0) is 6.54 Å². The van der Waals surface area contributed by atoms with Crippen molar-refractivity contribution in [1.82, 2.24) is 4.90 Å². The quantitative estimate of drug-likeness (QED) is 0.816. The zero-order valence-corrected chi connectivity index (χ0v) is 9.26. The second-order valence-electron chi connectivity index (χ2n) is 4.47. The van der Waals surface area contributed by atoms with Gasteiger partial charge in [-0.25, -0.2) is 0 Å². The Morgan fingerprint density at radius 3 is 2.60 bits per heavy atom. The van der Waals surface area contributed by atoms with Crippen molar-refractivity contribution in [3.8, 4) is 0 Å². The maximum atomic E-state index is 9.80. The van der Waals surface area contributed by atoms with Gasteiger partial charge in [-0.2, -0.15) is 0 Å². The lowest BCUT2D eigenvalue weighted by Crippen LogP contribution is -2.36. The minimum atomic E-state index is -0.126. The second kappa shape index (κ2) is 4.77. The third kappa shape index (κ3) is 2.58. The summed E-state index contributed by atoms with van der Waals surface area (Å²) in [5.74, 6) is 0. The molecule has 1 aromatic carbocycles. The van der Waals surface area contributed by atoms with E-state index in [0.29, 0.717) is 6.04 Å². The largest absolute Gasteiger partial charge is 0.391 e. The van der Waals surface area contributed by atoms with E-state index in [4.69, 9.17) is 0 Å². The fourth-order valence-corrected chi connectivity index (χ4v) is 2.42. The maximum Gasteiger partial charge on any atom is 0.0695 e. The third-order valence-corrected chi connectivity index (χ3v) is 3.28. The van der Waals surface area contributed by atoms with Crippen molar-refractivity contribution in [2.24, 2.45) is 0 Å². The third-order valence-electron chi connectivity index (χ3n) is 3.28. The summed E-state index contributed by atoms with van der Waals surface area (Å²) in [6, 6.07) is 10.8. The molecule has 0 saturated heterocycles. The molecule has 2 rings (SSSR count). The molecule has 2 atom stereocenters. The fraction of sp³-hybridized carbons (Fsp3) is 0.538. The van der Waals surface area contributed by atoms with Gasteiger partial charge in [0.15, 0.2) is 0 Å². The first kappa shape index (κ1) is 10.7. The summed E-state index contributed by atoms with van der Waals surface area (Å²) in [6.07, 6.45) is 3.12. The monoisotopic (exact) mass is 205 g/mol. The summed E-state index contributed by atoms with van der Waals surface area (Å²) in [7, 11) is 2.10. The molecule has 0 bridgehead atoms. The van der Waals surface area contributed by atoms with Crippen LogP contribution in [0.25, 0.3) is 0 Å². The highest BCUT2D eigenvalue weighted by atomic mass is 16.3. The van der Waals surface area contributed by atoms with Gasteiger partial charge in [-0.1, -0.05) is 30.3 Å². The molecular weight excluding hydrogens is 186 g/mol. The number of rotatable bonds is 3. The topological polar surface area (TPSA) is 23.5 Å². The summed E-state index contributed by atoms with van der Waals surface area (Å²) in [5.41, 5.74) is 1.32. The van der Waals surface area contributed by atoms with Crippen LogP contribution in [0, 0.1) is 0 Å². The van der Waals surface area contributed by atoms with Crippen LogP contribution in [0.2, 0.25) is 0 Å². The Hall–Kier alpha value is -0.860. The normalized spacial score (nSPS) is 26.1. The first-order valence-corrected chi connectivity index (χ1v) is 5.69. The van der Waals surface area contributed by atoms with Crippen molar-refractivity contribution in [1.29, 1.82) is 0 Å². The molecule has 1 aromatic rings. The van der Waals surface area contributed by atoms with Crippen molar-refractivity contribution in [3.63, 3.8) is 0 Å². The Bertz CT molecular complexity index is 299. The van der Waals surface area contributed by atoms with Crippen LogP contribution in [0.5, 0.6) is 0 Å². The molecule has 15 heavy (non-hydrogen) atoms. The van der Waals surface area contributed by atoms with Gasteiger partial charge in [0.25, 0.3) is 0 Å². The molecule has 0 radical (unpaired) electrons. The Balaban J connectivity index is 1.94. The zero-order valence-electron chi connectivity index (χ0n) is 9.26. The molecule has 1 saturated carbocycles. The van der Waals surface area contributed by atoms with Gasteiger partial charge in [-0.3, -0.25) is 4.90 Å². The van der Waals surface area contributed by atoms with Crippen molar-refractivity contribution in [2.75, 3.05) is 7.05 Å². The van der Waals surface area contributed by atoms with E-state index in [1.807, 2.05) is 6.07 Å². The number of aliphatic hydroxyl groups is 1. The number of hydrogen-bond acceptors (Lipinski definition) is 2. The molecule has 1 aliphatic carbocycles. The summed E-state index contributed by atoms with van der Waals surface area (Å²) in [5, 5.41) is 9.80. The van der Waals surface area contributed by atoms with Crippen molar-refractivity contribution < 1.29 is 5.11 Å². The Labute approximate surface area is 91.5 Å². The maximum absolute atomic E-state index is 9.80. The van der Waals surface area contributed by atoms with E-state index < -0.39 is 0 Å². The van der Waals surface area contributed by atoms with Gasteiger partial charge in [-0.15, -0.1) is 0 Å². The molecule has 1 aliphatic rings. The molecule has 0 aromatic heterocycles. The Morgan fingerprint density at radius 1 is 1.27 bits per heavy atom. The van der Waals surface area contributed by atoms with Gasteiger partial charge < -0.3 is 5.11 Å². The summed E-state index contributed by atoms with van der Waals surface area (Å²) in [4.78, 5) is 2.27. The van der Waals surface area contributed by atoms with Gasteiger partial charge in [0.1, 0.15) is 0 Å². The predicted octanol–water partition coefficient (Wildman–Crippen LogP) is 2.03. The van der Waals surface area contributed by atoms with Crippen LogP contribution in [0.1, 0.15) is 24.8 Å². The smallest absolute Gasteiger partial charge is 0.0695 e. The van der Waals surface area contributed by atoms with Crippen molar-refractivity contribution in [2.45, 2.75) is 38.0 Å². The Kier molecular flexibility index (Phi) is 3.39. The first-order chi connectivity index (χ1) is 7.27. The van der Waals surface area contributed by atoms with E-state index >= 15 is 0 Å². The molecule has 0 unspecified atom stereocenters. The van der Waals surface area contributed by atoms with Gasteiger partial charge in [0.2, 0.25) is 0 Å². The zero-order chi connectivity index (χ0) is 10.7. The lowest BCUT2D eigenvalue weighted by Gasteiger charge is -2.26. The number of nitrogens with zero attached hydrogens (tertiary/aromatic N) is 1. The predicted molar refractivity (Wildman–Crippen MR) is 61.6 cm³/mol. The van der Waals surface area contributed by atoms with Gasteiger partial charge in [-0.05, 0) is 31.9 Å². The van der Waals surface area contributed by atoms with E-state index in [1.165, 1.54) is 5.56 Å². The number of hydrogen-bond donors (Lipinski definition) is 1. The molecular formula is C13H19NO. The van der Waals surface area contributed by atoms with Gasteiger partial charge in [0, 0.05) is 12.6 Å². The highest BCUT2D eigenvalue weighted by Gasteiger charge is 2.28. The summed E-state index contributed by atoms with van der Waals surface area (Å²) < 4.78 is 0. The molecule has 0 heterocycles. The standard InChI is InChI=1S/C13H19NO/c1-14(12-8-5-9-13(12)15)10-11-6-3-2-4-7-11/h2-4,6-7,12-13,15H,5,8-10H2,1H3/t12-,13-/m0/s1. The van der Waals surface area contributed by atoms with Crippen LogP contribution in [-0.4, -0.2) is 29.2 Å². The van der Waals surface area contributed by atoms with Gasteiger partial charge in [0.05, 0.1) is 6.10 Å². The average Bonchev–Trinajstić information content (AvgIpc) is 2.66. The highest BCUT2D eigenvalue weighted by Crippen LogP contribution is 2.24. The lowest BCUT2D eigenvalue weighted by molar-refractivity contribution is 0.0825. The van der Waals surface area contributed by atoms with Crippen LogP contribution in [0.4, 0.5) is 0 Å². The molecule has 82 valence electrons. The number of likely N-dealkylation sites (N-methyl/N-ethyl adjacent to an activating group) is 1. The first-order valence-electron chi connectivity index (χ1n) is 5.69. The second-order valence-corrected chi connectivity index (χ2v) is 4.47. The van der Waals surface area contributed by atoms with Crippen LogP contribution in [0.3, 0.4) is 0 Å². The molecule has 1 fully saturated rings. The van der Waals surface area contributed by atoms with E-state index in [1.54, 1.807) is 0 Å². The molecule has 2 heteroatoms. The molecule has 0 aliphatic heterocycles. The highest BCUT2D eigenvalue weighted by molar-refractivity contribution is 5.14. The Morgan fingerprint density at radius 2 is 2.00 bits per heavy atom. The van der Waals surface area contributed by atoms with E-state index in [-0.39, 0.29) is 6.10 Å². The molecule has 0 amide bonds. The number of aliphatic hydroxyl groups excluding tert-OH is 1. The van der Waals surface area contributed by atoms with Crippen molar-refractivity contribution >= 4 is 0 Å².